The number of nitrogens with one attached hydrogen (secondary N) is 1. The molecule has 2 fully saturated rings. The van der Waals surface area contributed by atoms with Gasteiger partial charge in [-0.3, -0.25) is 0 Å². The monoisotopic (exact) mass is 344 g/mol. The molecule has 5 nitrogen and oxygen atoms in total. The Kier molecular flexibility index (Phi) is 7.04. The van der Waals surface area contributed by atoms with E-state index in [1.54, 1.807) is 0 Å². The number of nitrogens with zero attached hydrogens (tertiary/aromatic N) is 1. The first-order valence-corrected chi connectivity index (χ1v) is 9.82. The van der Waals surface area contributed by atoms with Crippen molar-refractivity contribution in [2.75, 3.05) is 32.1 Å². The van der Waals surface area contributed by atoms with E-state index in [-0.39, 0.29) is 12.1 Å². The summed E-state index contributed by atoms with van der Waals surface area (Å²) < 4.78 is 11.1. The summed E-state index contributed by atoms with van der Waals surface area (Å²) in [4.78, 5) is 14.2. The van der Waals surface area contributed by atoms with Crippen LogP contribution in [0.1, 0.15) is 47.0 Å². The minimum atomic E-state index is -0.455. The van der Waals surface area contributed by atoms with Crippen LogP contribution in [0.2, 0.25) is 0 Å². The van der Waals surface area contributed by atoms with E-state index in [2.05, 4.69) is 24.0 Å². The normalized spacial score (nSPS) is 27.0. The van der Waals surface area contributed by atoms with Crippen molar-refractivity contribution < 1.29 is 14.3 Å². The van der Waals surface area contributed by atoms with Gasteiger partial charge in [0.15, 0.2) is 0 Å². The highest BCUT2D eigenvalue weighted by molar-refractivity contribution is 8.00. The molecule has 0 aromatic rings. The maximum absolute atomic E-state index is 12.4. The average molecular weight is 345 g/mol. The molecule has 0 aromatic carbocycles. The Morgan fingerprint density at radius 3 is 2.91 bits per heavy atom. The number of thioether (sulfide) groups is 1. The minimum absolute atomic E-state index is 0.0948. The summed E-state index contributed by atoms with van der Waals surface area (Å²) in [6.07, 6.45) is 3.34. The lowest BCUT2D eigenvalue weighted by Crippen LogP contribution is -2.52. The highest BCUT2D eigenvalue weighted by Gasteiger charge is 2.32. The van der Waals surface area contributed by atoms with Gasteiger partial charge in [-0.25, -0.2) is 4.79 Å². The van der Waals surface area contributed by atoms with E-state index in [1.807, 2.05) is 25.7 Å². The molecule has 2 aliphatic heterocycles. The molecule has 2 rings (SSSR count). The second-order valence-electron chi connectivity index (χ2n) is 7.58. The topological polar surface area (TPSA) is 50.8 Å². The van der Waals surface area contributed by atoms with Crippen molar-refractivity contribution in [3.05, 3.63) is 0 Å². The van der Waals surface area contributed by atoms with Crippen molar-refractivity contribution in [2.24, 2.45) is 0 Å². The number of hydrogen-bond donors (Lipinski definition) is 1. The number of rotatable bonds is 5. The minimum Gasteiger partial charge on any atom is -0.444 e. The Hall–Kier alpha value is -0.460. The van der Waals surface area contributed by atoms with Gasteiger partial charge in [0, 0.05) is 24.4 Å². The van der Waals surface area contributed by atoms with Crippen LogP contribution >= 0.6 is 11.8 Å². The van der Waals surface area contributed by atoms with Crippen LogP contribution in [0.3, 0.4) is 0 Å². The van der Waals surface area contributed by atoms with E-state index in [4.69, 9.17) is 9.47 Å². The fourth-order valence-corrected chi connectivity index (χ4v) is 4.25. The number of amides is 1. The zero-order valence-electron chi connectivity index (χ0n) is 15.0. The Bertz CT molecular complexity index is 381. The van der Waals surface area contributed by atoms with Crippen LogP contribution in [0.5, 0.6) is 0 Å². The molecular weight excluding hydrogens is 312 g/mol. The van der Waals surface area contributed by atoms with E-state index in [9.17, 15) is 4.79 Å². The molecule has 0 aliphatic carbocycles. The van der Waals surface area contributed by atoms with Crippen molar-refractivity contribution >= 4 is 17.9 Å². The maximum atomic E-state index is 12.4. The summed E-state index contributed by atoms with van der Waals surface area (Å²) in [5.74, 6) is 1.30. The highest BCUT2D eigenvalue weighted by Crippen LogP contribution is 2.25. The first-order valence-electron chi connectivity index (χ1n) is 8.77. The molecular formula is C17H32N2O3S. The number of ether oxygens (including phenoxy) is 2. The molecule has 23 heavy (non-hydrogen) atoms. The summed E-state index contributed by atoms with van der Waals surface area (Å²) in [6.45, 7) is 10.8. The Morgan fingerprint density at radius 2 is 2.26 bits per heavy atom. The zero-order valence-corrected chi connectivity index (χ0v) is 15.8. The van der Waals surface area contributed by atoms with Crippen molar-refractivity contribution in [1.29, 1.82) is 0 Å². The Labute approximate surface area is 144 Å². The molecule has 2 aliphatic rings. The summed E-state index contributed by atoms with van der Waals surface area (Å²) >= 11 is 2.07. The zero-order chi connectivity index (χ0) is 16.9. The van der Waals surface area contributed by atoms with E-state index in [0.29, 0.717) is 25.8 Å². The lowest BCUT2D eigenvalue weighted by molar-refractivity contribution is -0.0355. The lowest BCUT2D eigenvalue weighted by Gasteiger charge is -2.37. The predicted octanol–water partition coefficient (Wildman–Crippen LogP) is 2.89. The third-order valence-electron chi connectivity index (χ3n) is 4.20. The van der Waals surface area contributed by atoms with Gasteiger partial charge in [0.25, 0.3) is 0 Å². The second-order valence-corrected chi connectivity index (χ2v) is 8.99. The maximum Gasteiger partial charge on any atom is 0.410 e. The molecule has 134 valence electrons. The molecule has 0 bridgehead atoms. The molecule has 0 spiro atoms. The number of carbonyl (C=O) groups is 1. The van der Waals surface area contributed by atoms with E-state index in [1.165, 1.54) is 18.6 Å². The Morgan fingerprint density at radius 1 is 1.48 bits per heavy atom. The SMILES string of the molecule is CC(CC1COCCN1C(=O)OC(C)(C)C)NCC1CCCS1. The molecule has 3 atom stereocenters. The average Bonchev–Trinajstić information content (AvgIpc) is 2.97. The summed E-state index contributed by atoms with van der Waals surface area (Å²) in [5, 5.41) is 4.38. The van der Waals surface area contributed by atoms with Crippen LogP contribution in [-0.2, 0) is 9.47 Å². The van der Waals surface area contributed by atoms with Crippen LogP contribution in [0.15, 0.2) is 0 Å². The third kappa shape index (κ3) is 6.51. The fourth-order valence-electron chi connectivity index (χ4n) is 3.04. The summed E-state index contributed by atoms with van der Waals surface area (Å²) in [6, 6.07) is 0.463. The molecule has 0 saturated carbocycles. The molecule has 0 aromatic heterocycles. The van der Waals surface area contributed by atoms with Crippen LogP contribution in [-0.4, -0.2) is 66.0 Å². The van der Waals surface area contributed by atoms with Gasteiger partial charge in [-0.15, -0.1) is 0 Å². The molecule has 2 heterocycles. The third-order valence-corrected chi connectivity index (χ3v) is 5.60. The number of morpholine rings is 1. The first-order chi connectivity index (χ1) is 10.8. The van der Waals surface area contributed by atoms with E-state index < -0.39 is 5.60 Å². The molecule has 6 heteroatoms. The Balaban J connectivity index is 1.81. The van der Waals surface area contributed by atoms with Crippen molar-refractivity contribution in [3.8, 4) is 0 Å². The second kappa shape index (κ2) is 8.58. The summed E-state index contributed by atoms with van der Waals surface area (Å²) in [5.41, 5.74) is -0.455. The van der Waals surface area contributed by atoms with Gasteiger partial charge in [0.1, 0.15) is 5.60 Å². The van der Waals surface area contributed by atoms with E-state index in [0.717, 1.165) is 18.2 Å². The van der Waals surface area contributed by atoms with Gasteiger partial charge in [0.2, 0.25) is 0 Å². The quantitative estimate of drug-likeness (QED) is 0.831. The largest absolute Gasteiger partial charge is 0.444 e. The first kappa shape index (κ1) is 18.9. The fraction of sp³-hybridized carbons (Fsp3) is 0.941. The molecule has 2 saturated heterocycles. The van der Waals surface area contributed by atoms with Gasteiger partial charge in [-0.2, -0.15) is 11.8 Å². The van der Waals surface area contributed by atoms with Crippen LogP contribution in [0, 0.1) is 0 Å². The van der Waals surface area contributed by atoms with Crippen molar-refractivity contribution in [1.82, 2.24) is 10.2 Å². The number of carbonyl (C=O) groups excluding carboxylic acids is 1. The molecule has 3 unspecified atom stereocenters. The van der Waals surface area contributed by atoms with Crippen LogP contribution in [0.25, 0.3) is 0 Å². The molecule has 1 amide bonds. The smallest absolute Gasteiger partial charge is 0.410 e. The van der Waals surface area contributed by atoms with Crippen molar-refractivity contribution in [2.45, 2.75) is 69.9 Å². The van der Waals surface area contributed by atoms with Crippen LogP contribution in [0.4, 0.5) is 4.79 Å². The number of hydrogen-bond acceptors (Lipinski definition) is 5. The lowest BCUT2D eigenvalue weighted by atomic mass is 10.1. The van der Waals surface area contributed by atoms with E-state index >= 15 is 0 Å². The van der Waals surface area contributed by atoms with Gasteiger partial charge in [0.05, 0.1) is 19.3 Å². The van der Waals surface area contributed by atoms with Crippen LogP contribution < -0.4 is 5.32 Å². The van der Waals surface area contributed by atoms with Gasteiger partial charge in [-0.05, 0) is 52.7 Å². The summed E-state index contributed by atoms with van der Waals surface area (Å²) in [7, 11) is 0. The standard InChI is InChI=1S/C17H32N2O3S/c1-13(18-11-15-6-5-9-23-15)10-14-12-21-8-7-19(14)16(20)22-17(2,3)4/h13-15,18H,5-12H2,1-4H3. The van der Waals surface area contributed by atoms with Gasteiger partial charge < -0.3 is 19.7 Å². The van der Waals surface area contributed by atoms with Gasteiger partial charge >= 0.3 is 6.09 Å². The van der Waals surface area contributed by atoms with Gasteiger partial charge in [-0.1, -0.05) is 0 Å². The predicted molar refractivity (Wildman–Crippen MR) is 95.1 cm³/mol. The highest BCUT2D eigenvalue weighted by atomic mass is 32.2. The molecule has 1 N–H and O–H groups in total. The van der Waals surface area contributed by atoms with Crippen molar-refractivity contribution in [3.63, 3.8) is 0 Å². The molecule has 0 radical (unpaired) electrons.